The first-order valence-corrected chi connectivity index (χ1v) is 8.49. The first kappa shape index (κ1) is 14.6. The van der Waals surface area contributed by atoms with Gasteiger partial charge in [0.2, 0.25) is 0 Å². The highest BCUT2D eigenvalue weighted by atomic mass is 15.4. The van der Waals surface area contributed by atoms with E-state index in [0.29, 0.717) is 6.04 Å². The van der Waals surface area contributed by atoms with Gasteiger partial charge in [0.1, 0.15) is 0 Å². The second-order valence-electron chi connectivity index (χ2n) is 6.72. The molecule has 1 aliphatic carbocycles. The molecule has 0 aromatic carbocycles. The Hall–Kier alpha value is -2.01. The summed E-state index contributed by atoms with van der Waals surface area (Å²) in [6.07, 6.45) is 8.57. The molecule has 0 N–H and O–H groups in total. The molecule has 2 aromatic heterocycles. The molecule has 23 heavy (non-hydrogen) atoms. The van der Waals surface area contributed by atoms with Crippen LogP contribution in [0.4, 0.5) is 5.82 Å². The van der Waals surface area contributed by atoms with Crippen LogP contribution in [-0.4, -0.2) is 46.3 Å². The third kappa shape index (κ3) is 3.06. The molecule has 0 unspecified atom stereocenters. The molecule has 1 saturated heterocycles. The highest BCUT2D eigenvalue weighted by Crippen LogP contribution is 2.26. The van der Waals surface area contributed by atoms with Gasteiger partial charge >= 0.3 is 0 Å². The van der Waals surface area contributed by atoms with E-state index < -0.39 is 0 Å². The van der Waals surface area contributed by atoms with Crippen LogP contribution in [0.3, 0.4) is 0 Å². The molecule has 0 atom stereocenters. The molecule has 1 aliphatic heterocycles. The summed E-state index contributed by atoms with van der Waals surface area (Å²) < 4.78 is 0. The van der Waals surface area contributed by atoms with Crippen molar-refractivity contribution in [1.82, 2.24) is 20.1 Å². The lowest BCUT2D eigenvalue weighted by atomic mass is 9.96. The van der Waals surface area contributed by atoms with Crippen LogP contribution >= 0.6 is 0 Å². The summed E-state index contributed by atoms with van der Waals surface area (Å²) in [5, 5.41) is 8.89. The van der Waals surface area contributed by atoms with Crippen molar-refractivity contribution in [3.8, 4) is 0 Å². The Morgan fingerprint density at radius 3 is 2.91 bits per heavy atom. The van der Waals surface area contributed by atoms with Gasteiger partial charge in [-0.05, 0) is 56.0 Å². The third-order valence-corrected chi connectivity index (χ3v) is 5.02. The van der Waals surface area contributed by atoms with Crippen molar-refractivity contribution >= 4 is 5.82 Å². The van der Waals surface area contributed by atoms with Crippen LogP contribution in [0.5, 0.6) is 0 Å². The Kier molecular flexibility index (Phi) is 3.95. The highest BCUT2D eigenvalue weighted by Gasteiger charge is 2.31. The van der Waals surface area contributed by atoms with Crippen molar-refractivity contribution in [2.24, 2.45) is 0 Å². The fourth-order valence-corrected chi connectivity index (χ4v) is 3.46. The molecule has 0 saturated carbocycles. The molecule has 5 nitrogen and oxygen atoms in total. The number of rotatable bonds is 4. The van der Waals surface area contributed by atoms with Gasteiger partial charge in [0.15, 0.2) is 5.82 Å². The number of aryl methyl sites for hydroxylation is 2. The second kappa shape index (κ2) is 6.24. The van der Waals surface area contributed by atoms with E-state index in [1.807, 2.05) is 18.5 Å². The molecule has 120 valence electrons. The second-order valence-corrected chi connectivity index (χ2v) is 6.72. The maximum absolute atomic E-state index is 4.45. The number of fused-ring (bicyclic) bond motifs is 1. The Morgan fingerprint density at radius 1 is 1.22 bits per heavy atom. The minimum atomic E-state index is 0.577. The van der Waals surface area contributed by atoms with Gasteiger partial charge in [-0.15, -0.1) is 5.10 Å². The van der Waals surface area contributed by atoms with Crippen molar-refractivity contribution in [2.45, 2.75) is 38.3 Å². The van der Waals surface area contributed by atoms with Gasteiger partial charge in [-0.2, -0.15) is 5.10 Å². The number of aromatic nitrogens is 3. The van der Waals surface area contributed by atoms with E-state index in [2.05, 4.69) is 44.2 Å². The number of pyridine rings is 1. The largest absolute Gasteiger partial charge is 0.352 e. The van der Waals surface area contributed by atoms with Crippen LogP contribution in [0.1, 0.15) is 29.7 Å². The molecule has 0 bridgehead atoms. The fraction of sp³-hybridized carbons (Fsp3) is 0.500. The van der Waals surface area contributed by atoms with Crippen LogP contribution in [0.2, 0.25) is 0 Å². The predicted molar refractivity (Wildman–Crippen MR) is 90.4 cm³/mol. The molecule has 2 aliphatic rings. The van der Waals surface area contributed by atoms with Gasteiger partial charge in [0.25, 0.3) is 0 Å². The number of nitrogens with zero attached hydrogens (tertiary/aromatic N) is 5. The third-order valence-electron chi connectivity index (χ3n) is 5.02. The number of anilines is 1. The molecule has 0 radical (unpaired) electrons. The molecule has 0 amide bonds. The van der Waals surface area contributed by atoms with E-state index >= 15 is 0 Å². The maximum Gasteiger partial charge on any atom is 0.151 e. The standard InChI is InChI=1S/C18H23N5/c1-22(11-14-5-4-8-19-10-14)16-12-23(13-16)18-9-15-6-2-3-7-17(15)20-21-18/h4-5,8-10,16H,2-3,6-7,11-13H2,1H3. The molecular weight excluding hydrogens is 286 g/mol. The monoisotopic (exact) mass is 309 g/mol. The van der Waals surface area contributed by atoms with Crippen LogP contribution in [0, 0.1) is 0 Å². The molecule has 2 aromatic rings. The first-order valence-electron chi connectivity index (χ1n) is 8.49. The zero-order chi connectivity index (χ0) is 15.6. The van der Waals surface area contributed by atoms with Crippen molar-refractivity contribution in [2.75, 3.05) is 25.0 Å². The average molecular weight is 309 g/mol. The number of likely N-dealkylation sites (N-methyl/N-ethyl adjacent to an activating group) is 1. The van der Waals surface area contributed by atoms with E-state index in [4.69, 9.17) is 0 Å². The number of hydrogen-bond donors (Lipinski definition) is 0. The Morgan fingerprint density at radius 2 is 2.09 bits per heavy atom. The van der Waals surface area contributed by atoms with Crippen molar-refractivity contribution in [1.29, 1.82) is 0 Å². The normalized spacial score (nSPS) is 17.9. The summed E-state index contributed by atoms with van der Waals surface area (Å²) in [4.78, 5) is 8.93. The number of hydrogen-bond acceptors (Lipinski definition) is 5. The van der Waals surface area contributed by atoms with Crippen molar-refractivity contribution in [3.63, 3.8) is 0 Å². The highest BCUT2D eigenvalue weighted by molar-refractivity contribution is 5.45. The van der Waals surface area contributed by atoms with Crippen LogP contribution in [-0.2, 0) is 19.4 Å². The van der Waals surface area contributed by atoms with Gasteiger partial charge in [-0.25, -0.2) is 0 Å². The summed E-state index contributed by atoms with van der Waals surface area (Å²) in [7, 11) is 2.19. The first-order chi connectivity index (χ1) is 11.3. The van der Waals surface area contributed by atoms with Gasteiger partial charge in [-0.3, -0.25) is 9.88 Å². The topological polar surface area (TPSA) is 45.2 Å². The Balaban J connectivity index is 1.36. The zero-order valence-electron chi connectivity index (χ0n) is 13.6. The van der Waals surface area contributed by atoms with E-state index in [9.17, 15) is 0 Å². The Labute approximate surface area is 137 Å². The molecule has 1 fully saturated rings. The van der Waals surface area contributed by atoms with Crippen molar-refractivity contribution < 1.29 is 0 Å². The summed E-state index contributed by atoms with van der Waals surface area (Å²) in [5.41, 5.74) is 3.89. The smallest absolute Gasteiger partial charge is 0.151 e. The lowest BCUT2D eigenvalue weighted by Crippen LogP contribution is -2.58. The average Bonchev–Trinajstić information content (AvgIpc) is 2.54. The van der Waals surface area contributed by atoms with E-state index in [1.54, 1.807) is 0 Å². The molecule has 5 heteroatoms. The molecular formula is C18H23N5. The van der Waals surface area contributed by atoms with Gasteiger partial charge in [0, 0.05) is 38.1 Å². The Bertz CT molecular complexity index is 666. The van der Waals surface area contributed by atoms with E-state index in [1.165, 1.54) is 29.7 Å². The summed E-state index contributed by atoms with van der Waals surface area (Å²) in [5.74, 6) is 1.05. The molecule has 3 heterocycles. The predicted octanol–water partition coefficient (Wildman–Crippen LogP) is 2.07. The lowest BCUT2D eigenvalue weighted by Gasteiger charge is -2.44. The van der Waals surface area contributed by atoms with Crippen LogP contribution < -0.4 is 4.90 Å². The fourth-order valence-electron chi connectivity index (χ4n) is 3.46. The minimum Gasteiger partial charge on any atom is -0.352 e. The SMILES string of the molecule is CN(Cc1cccnc1)C1CN(c2cc3c(nn2)CCCC3)C1. The maximum atomic E-state index is 4.45. The van der Waals surface area contributed by atoms with Crippen LogP contribution in [0.25, 0.3) is 0 Å². The van der Waals surface area contributed by atoms with Gasteiger partial charge < -0.3 is 4.90 Å². The summed E-state index contributed by atoms with van der Waals surface area (Å²) in [6, 6.07) is 6.97. The quantitative estimate of drug-likeness (QED) is 0.865. The van der Waals surface area contributed by atoms with Crippen molar-refractivity contribution in [3.05, 3.63) is 47.4 Å². The van der Waals surface area contributed by atoms with Gasteiger partial charge in [0.05, 0.1) is 5.69 Å². The molecule has 4 rings (SSSR count). The lowest BCUT2D eigenvalue weighted by molar-refractivity contribution is 0.196. The van der Waals surface area contributed by atoms with E-state index in [0.717, 1.165) is 38.3 Å². The summed E-state index contributed by atoms with van der Waals surface area (Å²) in [6.45, 7) is 3.01. The zero-order valence-corrected chi connectivity index (χ0v) is 13.6. The summed E-state index contributed by atoms with van der Waals surface area (Å²) >= 11 is 0. The van der Waals surface area contributed by atoms with E-state index in [-0.39, 0.29) is 0 Å². The van der Waals surface area contributed by atoms with Gasteiger partial charge in [-0.1, -0.05) is 6.07 Å². The van der Waals surface area contributed by atoms with Crippen LogP contribution in [0.15, 0.2) is 30.6 Å². The molecule has 0 spiro atoms. The minimum absolute atomic E-state index is 0.577.